The third-order valence-corrected chi connectivity index (χ3v) is 4.95. The fraction of sp³-hybridized carbons (Fsp3) is 0.533. The van der Waals surface area contributed by atoms with Gasteiger partial charge in [0, 0.05) is 25.8 Å². The maximum atomic E-state index is 11.9. The van der Waals surface area contributed by atoms with Gasteiger partial charge < -0.3 is 10.6 Å². The van der Waals surface area contributed by atoms with Gasteiger partial charge in [0.1, 0.15) is 0 Å². The summed E-state index contributed by atoms with van der Waals surface area (Å²) in [5.41, 5.74) is 1.87. The molecule has 6 nitrogen and oxygen atoms in total. The highest BCUT2D eigenvalue weighted by Gasteiger charge is 2.12. The van der Waals surface area contributed by atoms with Crippen LogP contribution in [0.3, 0.4) is 0 Å². The highest BCUT2D eigenvalue weighted by molar-refractivity contribution is 7.88. The van der Waals surface area contributed by atoms with Crippen molar-refractivity contribution in [2.75, 3.05) is 31.7 Å². The molecule has 0 radical (unpaired) electrons. The Morgan fingerprint density at radius 3 is 2.55 bits per heavy atom. The van der Waals surface area contributed by atoms with Crippen molar-refractivity contribution in [3.63, 3.8) is 0 Å². The van der Waals surface area contributed by atoms with Crippen molar-refractivity contribution in [3.8, 4) is 0 Å². The molecule has 0 aliphatic rings. The van der Waals surface area contributed by atoms with E-state index < -0.39 is 10.0 Å². The van der Waals surface area contributed by atoms with Crippen LogP contribution >= 0.6 is 0 Å². The first-order chi connectivity index (χ1) is 10.3. The van der Waals surface area contributed by atoms with Crippen LogP contribution in [0, 0.1) is 0 Å². The second-order valence-electron chi connectivity index (χ2n) is 5.36. The molecule has 0 fully saturated rings. The van der Waals surface area contributed by atoms with E-state index in [1.807, 2.05) is 24.3 Å². The zero-order chi connectivity index (χ0) is 16.8. The molecule has 1 aromatic carbocycles. The summed E-state index contributed by atoms with van der Waals surface area (Å²) in [6.45, 7) is 4.70. The Bertz CT molecular complexity index is 602. The molecule has 2 N–H and O–H groups in total. The molecule has 124 valence electrons. The predicted octanol–water partition coefficient (Wildman–Crippen LogP) is 2.21. The van der Waals surface area contributed by atoms with Crippen LogP contribution in [0.1, 0.15) is 31.7 Å². The Morgan fingerprint density at radius 1 is 1.32 bits per heavy atom. The number of hydrogen-bond donors (Lipinski definition) is 2. The standard InChI is InChI=1S/C15H25N3O3S/c1-5-12(2)13-8-6-7-9-14(13)17-15(19)16-10-11-18(3)22(4,20)21/h6-9,12H,5,10-11H2,1-4H3,(H2,16,17,19). The van der Waals surface area contributed by atoms with Gasteiger partial charge >= 0.3 is 6.03 Å². The van der Waals surface area contributed by atoms with E-state index in [0.29, 0.717) is 5.92 Å². The molecule has 0 heterocycles. The summed E-state index contributed by atoms with van der Waals surface area (Å²) in [6, 6.07) is 7.35. The lowest BCUT2D eigenvalue weighted by molar-refractivity contribution is 0.251. The molecule has 0 saturated heterocycles. The second kappa shape index (κ2) is 8.14. The minimum Gasteiger partial charge on any atom is -0.337 e. The average Bonchev–Trinajstić information content (AvgIpc) is 2.46. The number of rotatable bonds is 7. The lowest BCUT2D eigenvalue weighted by Gasteiger charge is -2.17. The number of carbonyl (C=O) groups is 1. The minimum atomic E-state index is -3.22. The first kappa shape index (κ1) is 18.4. The summed E-state index contributed by atoms with van der Waals surface area (Å²) < 4.78 is 23.7. The number of carbonyl (C=O) groups excluding carboxylic acids is 1. The van der Waals surface area contributed by atoms with Crippen molar-refractivity contribution in [2.45, 2.75) is 26.2 Å². The van der Waals surface area contributed by atoms with Gasteiger partial charge in [0.05, 0.1) is 6.26 Å². The number of nitrogens with one attached hydrogen (secondary N) is 2. The average molecular weight is 327 g/mol. The maximum absolute atomic E-state index is 11.9. The molecular weight excluding hydrogens is 302 g/mol. The summed E-state index contributed by atoms with van der Waals surface area (Å²) in [7, 11) is -1.74. The lowest BCUT2D eigenvalue weighted by atomic mass is 9.97. The monoisotopic (exact) mass is 327 g/mol. The van der Waals surface area contributed by atoms with Crippen molar-refractivity contribution >= 4 is 21.7 Å². The molecule has 0 bridgehead atoms. The summed E-state index contributed by atoms with van der Waals surface area (Å²) in [5.74, 6) is 0.355. The Hall–Kier alpha value is -1.60. The topological polar surface area (TPSA) is 78.5 Å². The Labute approximate surface area is 132 Å². The predicted molar refractivity (Wildman–Crippen MR) is 89.6 cm³/mol. The van der Waals surface area contributed by atoms with Gasteiger partial charge in [0.25, 0.3) is 0 Å². The normalized spacial score (nSPS) is 13.0. The van der Waals surface area contributed by atoms with Gasteiger partial charge in [-0.3, -0.25) is 0 Å². The van der Waals surface area contributed by atoms with Gasteiger partial charge in [0.2, 0.25) is 10.0 Å². The first-order valence-corrected chi connectivity index (χ1v) is 9.15. The van der Waals surface area contributed by atoms with E-state index in [4.69, 9.17) is 0 Å². The fourth-order valence-electron chi connectivity index (χ4n) is 1.92. The lowest BCUT2D eigenvalue weighted by Crippen LogP contribution is -2.37. The number of benzene rings is 1. The molecule has 2 amide bonds. The number of anilines is 1. The number of hydrogen-bond acceptors (Lipinski definition) is 3. The molecule has 0 aliphatic heterocycles. The number of amides is 2. The highest BCUT2D eigenvalue weighted by Crippen LogP contribution is 2.26. The van der Waals surface area contributed by atoms with E-state index in [-0.39, 0.29) is 19.1 Å². The third-order valence-electron chi connectivity index (χ3n) is 3.63. The molecule has 1 unspecified atom stereocenters. The van der Waals surface area contributed by atoms with Gasteiger partial charge in [-0.2, -0.15) is 0 Å². The van der Waals surface area contributed by atoms with E-state index in [0.717, 1.165) is 23.9 Å². The van der Waals surface area contributed by atoms with E-state index in [1.54, 1.807) is 0 Å². The zero-order valence-electron chi connectivity index (χ0n) is 13.6. The fourth-order valence-corrected chi connectivity index (χ4v) is 2.34. The van der Waals surface area contributed by atoms with E-state index in [2.05, 4.69) is 24.5 Å². The molecule has 0 spiro atoms. The SMILES string of the molecule is CCC(C)c1ccccc1NC(=O)NCCN(C)S(C)(=O)=O. The number of nitrogens with zero attached hydrogens (tertiary/aromatic N) is 1. The van der Waals surface area contributed by atoms with E-state index >= 15 is 0 Å². The Kier molecular flexibility index (Phi) is 6.83. The molecule has 7 heteroatoms. The summed E-state index contributed by atoms with van der Waals surface area (Å²) >= 11 is 0. The van der Waals surface area contributed by atoms with Crippen molar-refractivity contribution in [1.29, 1.82) is 0 Å². The van der Waals surface area contributed by atoms with Gasteiger partial charge in [0.15, 0.2) is 0 Å². The first-order valence-electron chi connectivity index (χ1n) is 7.30. The second-order valence-corrected chi connectivity index (χ2v) is 7.45. The van der Waals surface area contributed by atoms with Crippen LogP contribution in [0.5, 0.6) is 0 Å². The quantitative estimate of drug-likeness (QED) is 0.806. The molecule has 1 aromatic rings. The van der Waals surface area contributed by atoms with Gasteiger partial charge in [-0.1, -0.05) is 32.0 Å². The molecule has 0 saturated carbocycles. The Balaban J connectivity index is 2.56. The Morgan fingerprint density at radius 2 is 1.95 bits per heavy atom. The zero-order valence-corrected chi connectivity index (χ0v) is 14.4. The van der Waals surface area contributed by atoms with Crippen LogP contribution in [-0.2, 0) is 10.0 Å². The van der Waals surface area contributed by atoms with E-state index in [1.165, 1.54) is 11.4 Å². The van der Waals surface area contributed by atoms with Crippen LogP contribution in [0.15, 0.2) is 24.3 Å². The smallest absolute Gasteiger partial charge is 0.319 e. The summed E-state index contributed by atoms with van der Waals surface area (Å²) in [4.78, 5) is 11.9. The van der Waals surface area contributed by atoms with Crippen LogP contribution < -0.4 is 10.6 Å². The molecule has 22 heavy (non-hydrogen) atoms. The summed E-state index contributed by atoms with van der Waals surface area (Å²) in [5, 5.41) is 5.48. The number of urea groups is 1. The van der Waals surface area contributed by atoms with Gasteiger partial charge in [-0.15, -0.1) is 0 Å². The summed E-state index contributed by atoms with van der Waals surface area (Å²) in [6.07, 6.45) is 2.12. The molecule has 0 aromatic heterocycles. The van der Waals surface area contributed by atoms with Crippen molar-refractivity contribution in [2.24, 2.45) is 0 Å². The highest BCUT2D eigenvalue weighted by atomic mass is 32.2. The van der Waals surface area contributed by atoms with Crippen molar-refractivity contribution in [1.82, 2.24) is 9.62 Å². The minimum absolute atomic E-state index is 0.235. The van der Waals surface area contributed by atoms with Crippen LogP contribution in [0.2, 0.25) is 0 Å². The molecule has 1 rings (SSSR count). The maximum Gasteiger partial charge on any atom is 0.319 e. The van der Waals surface area contributed by atoms with E-state index in [9.17, 15) is 13.2 Å². The van der Waals surface area contributed by atoms with Crippen LogP contribution in [0.4, 0.5) is 10.5 Å². The molecule has 0 aliphatic carbocycles. The largest absolute Gasteiger partial charge is 0.337 e. The molecule has 1 atom stereocenters. The van der Waals surface area contributed by atoms with Crippen LogP contribution in [0.25, 0.3) is 0 Å². The number of sulfonamides is 1. The number of para-hydroxylation sites is 1. The third kappa shape index (κ3) is 5.65. The number of likely N-dealkylation sites (N-methyl/N-ethyl adjacent to an activating group) is 1. The van der Waals surface area contributed by atoms with Gasteiger partial charge in [-0.25, -0.2) is 17.5 Å². The van der Waals surface area contributed by atoms with Crippen LogP contribution in [-0.4, -0.2) is 45.1 Å². The van der Waals surface area contributed by atoms with Crippen molar-refractivity contribution in [3.05, 3.63) is 29.8 Å². The molecular formula is C15H25N3O3S. The van der Waals surface area contributed by atoms with Crippen molar-refractivity contribution < 1.29 is 13.2 Å². The van der Waals surface area contributed by atoms with Gasteiger partial charge in [-0.05, 0) is 24.0 Å².